The van der Waals surface area contributed by atoms with Crippen molar-refractivity contribution in [2.45, 2.75) is 0 Å². The molecular weight excluding hydrogens is 224 g/mol. The van der Waals surface area contributed by atoms with Crippen LogP contribution >= 0.6 is 0 Å². The fourth-order valence-electron chi connectivity index (χ4n) is 1.76. The molecular formula is C15H12N2O. The molecule has 18 heavy (non-hydrogen) atoms. The maximum atomic E-state index is 5.75. The largest absolute Gasteiger partial charge is 0.453 e. The number of nitrogens with zero attached hydrogens (tertiary/aromatic N) is 1. The Hall–Kier alpha value is -2.55. The molecule has 3 nitrogen and oxygen atoms in total. The highest BCUT2D eigenvalue weighted by Gasteiger charge is 2.09. The van der Waals surface area contributed by atoms with Gasteiger partial charge in [0, 0.05) is 5.69 Å². The molecule has 0 fully saturated rings. The summed E-state index contributed by atoms with van der Waals surface area (Å²) in [6.07, 6.45) is 3.65. The number of anilines is 1. The van der Waals surface area contributed by atoms with Crippen LogP contribution in [0, 0.1) is 0 Å². The van der Waals surface area contributed by atoms with E-state index in [4.69, 9.17) is 10.5 Å². The summed E-state index contributed by atoms with van der Waals surface area (Å²) in [6.45, 7) is 0. The second-order valence-corrected chi connectivity index (χ2v) is 4.04. The summed E-state index contributed by atoms with van der Waals surface area (Å²) < 4.78 is 5.75. The number of allylic oxidation sites excluding steroid dienone is 1. The third-order valence-electron chi connectivity index (χ3n) is 2.67. The monoisotopic (exact) mass is 236 g/mol. The van der Waals surface area contributed by atoms with Crippen LogP contribution in [0.1, 0.15) is 5.56 Å². The predicted octanol–water partition coefficient (Wildman–Crippen LogP) is 3.40. The lowest BCUT2D eigenvalue weighted by Crippen LogP contribution is -2.01. The van der Waals surface area contributed by atoms with E-state index < -0.39 is 0 Å². The summed E-state index contributed by atoms with van der Waals surface area (Å²) in [5, 5.41) is 0. The summed E-state index contributed by atoms with van der Waals surface area (Å²) in [6, 6.07) is 15.3. The molecule has 1 aliphatic heterocycles. The lowest BCUT2D eigenvalue weighted by Gasteiger charge is -2.13. The lowest BCUT2D eigenvalue weighted by atomic mass is 10.2. The van der Waals surface area contributed by atoms with Crippen LogP contribution in [0.25, 0.3) is 6.08 Å². The van der Waals surface area contributed by atoms with Crippen molar-refractivity contribution in [2.75, 3.05) is 5.73 Å². The average Bonchev–Trinajstić information content (AvgIpc) is 2.41. The van der Waals surface area contributed by atoms with Gasteiger partial charge in [-0.15, -0.1) is 0 Å². The Bertz CT molecular complexity index is 627. The van der Waals surface area contributed by atoms with Crippen LogP contribution in [-0.2, 0) is 0 Å². The zero-order valence-electron chi connectivity index (χ0n) is 9.71. The predicted molar refractivity (Wildman–Crippen MR) is 74.1 cm³/mol. The Morgan fingerprint density at radius 3 is 2.61 bits per heavy atom. The van der Waals surface area contributed by atoms with Gasteiger partial charge in [-0.05, 0) is 35.9 Å². The molecule has 0 spiro atoms. The summed E-state index contributed by atoms with van der Waals surface area (Å²) in [4.78, 5) is 4.35. The van der Waals surface area contributed by atoms with Gasteiger partial charge in [0.25, 0.3) is 0 Å². The van der Waals surface area contributed by atoms with Crippen LogP contribution in [0.5, 0.6) is 5.75 Å². The highest BCUT2D eigenvalue weighted by molar-refractivity contribution is 5.88. The van der Waals surface area contributed by atoms with E-state index in [2.05, 4.69) is 4.99 Å². The second-order valence-electron chi connectivity index (χ2n) is 4.04. The van der Waals surface area contributed by atoms with Gasteiger partial charge >= 0.3 is 0 Å². The van der Waals surface area contributed by atoms with E-state index in [9.17, 15) is 0 Å². The van der Waals surface area contributed by atoms with Crippen LogP contribution in [0.2, 0.25) is 0 Å². The molecule has 2 aromatic carbocycles. The highest BCUT2D eigenvalue weighted by atomic mass is 16.5. The number of benzene rings is 2. The Morgan fingerprint density at radius 1 is 1.00 bits per heavy atom. The molecule has 2 aromatic rings. The maximum Gasteiger partial charge on any atom is 0.153 e. The van der Waals surface area contributed by atoms with Gasteiger partial charge < -0.3 is 10.5 Å². The fourth-order valence-corrected chi connectivity index (χ4v) is 1.76. The van der Waals surface area contributed by atoms with Gasteiger partial charge in [0.05, 0.1) is 6.21 Å². The Balaban J connectivity index is 1.90. The number of ether oxygens (including phenoxy) is 1. The quantitative estimate of drug-likeness (QED) is 0.771. The van der Waals surface area contributed by atoms with Crippen molar-refractivity contribution in [3.05, 3.63) is 59.9 Å². The van der Waals surface area contributed by atoms with Gasteiger partial charge in [-0.1, -0.05) is 24.3 Å². The van der Waals surface area contributed by atoms with E-state index in [0.29, 0.717) is 0 Å². The zero-order valence-corrected chi connectivity index (χ0v) is 9.71. The van der Waals surface area contributed by atoms with Crippen LogP contribution in [0.3, 0.4) is 0 Å². The summed E-state index contributed by atoms with van der Waals surface area (Å²) >= 11 is 0. The molecule has 3 rings (SSSR count). The molecule has 2 N–H and O–H groups in total. The minimum absolute atomic E-state index is 0.721. The molecule has 1 aliphatic rings. The molecule has 1 heterocycles. The van der Waals surface area contributed by atoms with Crippen molar-refractivity contribution >= 4 is 23.7 Å². The molecule has 0 bridgehead atoms. The first kappa shape index (κ1) is 10.6. The molecule has 88 valence electrons. The molecule has 3 heteroatoms. The first-order chi connectivity index (χ1) is 8.81. The number of hydrogen-bond acceptors (Lipinski definition) is 3. The molecule has 0 saturated heterocycles. The van der Waals surface area contributed by atoms with E-state index in [1.165, 1.54) is 0 Å². The third-order valence-corrected chi connectivity index (χ3v) is 2.67. The van der Waals surface area contributed by atoms with Gasteiger partial charge in [0.15, 0.2) is 5.75 Å². The van der Waals surface area contributed by atoms with Crippen LogP contribution in [-0.4, -0.2) is 6.21 Å². The van der Waals surface area contributed by atoms with Crippen molar-refractivity contribution in [3.8, 4) is 5.75 Å². The normalized spacial score (nSPS) is 15.2. The number of hydrogen-bond donors (Lipinski definition) is 1. The van der Waals surface area contributed by atoms with Crippen molar-refractivity contribution < 1.29 is 4.74 Å². The summed E-state index contributed by atoms with van der Waals surface area (Å²) in [5.74, 6) is 1.50. The minimum atomic E-state index is 0.721. The fraction of sp³-hybridized carbons (Fsp3) is 0. The number of rotatable bonds is 1. The second kappa shape index (κ2) is 4.37. The van der Waals surface area contributed by atoms with Gasteiger partial charge in [-0.3, -0.25) is 0 Å². The number of nitrogens with two attached hydrogens (primary N) is 1. The van der Waals surface area contributed by atoms with Crippen molar-refractivity contribution in [2.24, 2.45) is 4.99 Å². The lowest BCUT2D eigenvalue weighted by molar-refractivity contribution is 0.458. The van der Waals surface area contributed by atoms with Gasteiger partial charge in [-0.25, -0.2) is 4.99 Å². The zero-order chi connectivity index (χ0) is 12.4. The Kier molecular flexibility index (Phi) is 2.57. The third kappa shape index (κ3) is 2.11. The minimum Gasteiger partial charge on any atom is -0.453 e. The van der Waals surface area contributed by atoms with E-state index in [0.717, 1.165) is 28.4 Å². The molecule has 0 unspecified atom stereocenters. The molecule has 0 aliphatic carbocycles. The van der Waals surface area contributed by atoms with E-state index in [1.807, 2.05) is 54.6 Å². The van der Waals surface area contributed by atoms with E-state index in [1.54, 1.807) is 6.21 Å². The average molecular weight is 236 g/mol. The Labute approximate surface area is 105 Å². The molecule has 0 aromatic heterocycles. The van der Waals surface area contributed by atoms with Crippen LogP contribution < -0.4 is 10.5 Å². The number of fused-ring (bicyclic) bond motifs is 1. The molecule has 0 radical (unpaired) electrons. The van der Waals surface area contributed by atoms with Gasteiger partial charge in [0.2, 0.25) is 0 Å². The number of nitrogen functional groups attached to an aromatic ring is 1. The standard InChI is InChI=1S/C15H12N2O/c16-12-7-5-11(6-8-12)9-13-10-17-14-3-1-2-4-15(14)18-13/h1-10H,16H2. The SMILES string of the molecule is Nc1ccc(C=C2C=Nc3ccccc3O2)cc1. The number of para-hydroxylation sites is 2. The molecule has 0 saturated carbocycles. The highest BCUT2D eigenvalue weighted by Crippen LogP contribution is 2.31. The topological polar surface area (TPSA) is 47.6 Å². The van der Waals surface area contributed by atoms with Crippen LogP contribution in [0.4, 0.5) is 11.4 Å². The van der Waals surface area contributed by atoms with Crippen LogP contribution in [0.15, 0.2) is 59.3 Å². The molecule has 0 amide bonds. The molecule has 0 atom stereocenters. The van der Waals surface area contributed by atoms with Gasteiger partial charge in [-0.2, -0.15) is 0 Å². The Morgan fingerprint density at radius 2 is 1.78 bits per heavy atom. The number of aliphatic imine (C=N–C) groups is 1. The van der Waals surface area contributed by atoms with E-state index in [-0.39, 0.29) is 0 Å². The smallest absolute Gasteiger partial charge is 0.153 e. The van der Waals surface area contributed by atoms with Crippen molar-refractivity contribution in [1.82, 2.24) is 0 Å². The van der Waals surface area contributed by atoms with Crippen molar-refractivity contribution in [3.63, 3.8) is 0 Å². The maximum absolute atomic E-state index is 5.75. The van der Waals surface area contributed by atoms with E-state index >= 15 is 0 Å². The van der Waals surface area contributed by atoms with Gasteiger partial charge in [0.1, 0.15) is 11.4 Å². The first-order valence-corrected chi connectivity index (χ1v) is 5.69. The first-order valence-electron chi connectivity index (χ1n) is 5.69. The summed E-state index contributed by atoms with van der Waals surface area (Å²) in [5.41, 5.74) is 8.28. The van der Waals surface area contributed by atoms with Crippen molar-refractivity contribution in [1.29, 1.82) is 0 Å². The summed E-state index contributed by atoms with van der Waals surface area (Å²) in [7, 11) is 0.